The summed E-state index contributed by atoms with van der Waals surface area (Å²) in [5, 5.41) is 9.61. The topological polar surface area (TPSA) is 54.4 Å². The second-order valence-electron chi connectivity index (χ2n) is 3.81. The Hall–Kier alpha value is -0.0900. The van der Waals surface area contributed by atoms with Crippen LogP contribution in [0.1, 0.15) is 32.1 Å². The van der Waals surface area contributed by atoms with Crippen molar-refractivity contribution in [3.63, 3.8) is 0 Å². The zero-order chi connectivity index (χ0) is 9.24. The third-order valence-corrected chi connectivity index (χ3v) is 3.47. The first-order valence-corrected chi connectivity index (χ1v) is 6.38. The van der Waals surface area contributed by atoms with E-state index < -0.39 is 15.4 Å². The molecule has 0 bridgehead atoms. The van der Waals surface area contributed by atoms with Crippen molar-refractivity contribution in [3.8, 4) is 0 Å². The van der Waals surface area contributed by atoms with Crippen LogP contribution in [0.15, 0.2) is 0 Å². The van der Waals surface area contributed by atoms with Gasteiger partial charge in [0.25, 0.3) is 0 Å². The van der Waals surface area contributed by atoms with Crippen LogP contribution in [0.4, 0.5) is 0 Å². The Morgan fingerprint density at radius 3 is 2.33 bits per heavy atom. The summed E-state index contributed by atoms with van der Waals surface area (Å²) in [6, 6.07) is 0. The Morgan fingerprint density at radius 1 is 1.42 bits per heavy atom. The van der Waals surface area contributed by atoms with E-state index in [1.165, 1.54) is 6.26 Å². The van der Waals surface area contributed by atoms with Gasteiger partial charge in [0.1, 0.15) is 9.84 Å². The first kappa shape index (κ1) is 9.99. The number of sulfone groups is 1. The lowest BCUT2D eigenvalue weighted by Gasteiger charge is -2.36. The second-order valence-corrected chi connectivity index (χ2v) is 6.07. The molecule has 0 atom stereocenters. The summed E-state index contributed by atoms with van der Waals surface area (Å²) < 4.78 is 21.5. The lowest BCUT2D eigenvalue weighted by molar-refractivity contribution is -0.0403. The average molecular weight is 192 g/mol. The van der Waals surface area contributed by atoms with Crippen LogP contribution in [0.2, 0.25) is 0 Å². The van der Waals surface area contributed by atoms with E-state index in [1.807, 2.05) is 0 Å². The molecule has 1 aliphatic carbocycles. The maximum atomic E-state index is 10.7. The van der Waals surface area contributed by atoms with Crippen LogP contribution in [-0.2, 0) is 9.84 Å². The molecule has 3 nitrogen and oxygen atoms in total. The molecule has 4 heteroatoms. The van der Waals surface area contributed by atoms with Gasteiger partial charge >= 0.3 is 0 Å². The van der Waals surface area contributed by atoms with E-state index in [-0.39, 0.29) is 5.75 Å². The van der Waals surface area contributed by atoms with Crippen molar-refractivity contribution in [2.45, 2.75) is 37.7 Å². The van der Waals surface area contributed by atoms with Gasteiger partial charge in [0, 0.05) is 12.0 Å². The lowest BCUT2D eigenvalue weighted by Crippen LogP contribution is -2.36. The molecule has 0 spiro atoms. The SMILES string of the molecule is CS(=O)(=O)CCCC1(O)CCC1. The second kappa shape index (κ2) is 3.34. The molecule has 0 saturated heterocycles. The van der Waals surface area contributed by atoms with Gasteiger partial charge in [0.2, 0.25) is 0 Å². The number of rotatable bonds is 4. The summed E-state index contributed by atoms with van der Waals surface area (Å²) in [6.07, 6.45) is 5.23. The van der Waals surface area contributed by atoms with Crippen LogP contribution in [-0.4, -0.2) is 31.1 Å². The minimum atomic E-state index is -2.84. The molecule has 72 valence electrons. The molecule has 1 N–H and O–H groups in total. The molecule has 1 aliphatic rings. The molecule has 0 aromatic heterocycles. The van der Waals surface area contributed by atoms with Crippen LogP contribution in [0.25, 0.3) is 0 Å². The molecule has 0 radical (unpaired) electrons. The zero-order valence-electron chi connectivity index (χ0n) is 7.41. The molecule has 12 heavy (non-hydrogen) atoms. The van der Waals surface area contributed by atoms with Crippen molar-refractivity contribution in [3.05, 3.63) is 0 Å². The van der Waals surface area contributed by atoms with Gasteiger partial charge in [0.05, 0.1) is 5.60 Å². The average Bonchev–Trinajstić information content (AvgIpc) is 1.81. The Kier molecular flexibility index (Phi) is 2.78. The predicted molar refractivity (Wildman–Crippen MR) is 47.7 cm³/mol. The fourth-order valence-electron chi connectivity index (χ4n) is 1.50. The molecule has 0 aromatic carbocycles. The van der Waals surface area contributed by atoms with Gasteiger partial charge in [-0.3, -0.25) is 0 Å². The summed E-state index contributed by atoms with van der Waals surface area (Å²) in [6.45, 7) is 0. The van der Waals surface area contributed by atoms with Gasteiger partial charge in [-0.1, -0.05) is 0 Å². The fraction of sp³-hybridized carbons (Fsp3) is 1.00. The van der Waals surface area contributed by atoms with Crippen molar-refractivity contribution in [1.29, 1.82) is 0 Å². The highest BCUT2D eigenvalue weighted by atomic mass is 32.2. The summed E-state index contributed by atoms with van der Waals surface area (Å²) >= 11 is 0. The van der Waals surface area contributed by atoms with Crippen LogP contribution in [0.3, 0.4) is 0 Å². The van der Waals surface area contributed by atoms with E-state index in [1.54, 1.807) is 0 Å². The molecule has 1 saturated carbocycles. The van der Waals surface area contributed by atoms with Crippen molar-refractivity contribution >= 4 is 9.84 Å². The molecule has 0 heterocycles. The van der Waals surface area contributed by atoms with Gasteiger partial charge in [-0.25, -0.2) is 8.42 Å². The minimum Gasteiger partial charge on any atom is -0.390 e. The molecule has 0 aliphatic heterocycles. The largest absolute Gasteiger partial charge is 0.390 e. The van der Waals surface area contributed by atoms with E-state index in [0.717, 1.165) is 19.3 Å². The smallest absolute Gasteiger partial charge is 0.147 e. The van der Waals surface area contributed by atoms with Gasteiger partial charge in [0.15, 0.2) is 0 Å². The van der Waals surface area contributed by atoms with E-state index in [9.17, 15) is 13.5 Å². The number of hydrogen-bond donors (Lipinski definition) is 1. The summed E-state index contributed by atoms with van der Waals surface area (Å²) in [5.41, 5.74) is -0.523. The number of aliphatic hydroxyl groups is 1. The van der Waals surface area contributed by atoms with E-state index in [4.69, 9.17) is 0 Å². The maximum Gasteiger partial charge on any atom is 0.147 e. The number of hydrogen-bond acceptors (Lipinski definition) is 3. The molecule has 0 aromatic rings. The van der Waals surface area contributed by atoms with Gasteiger partial charge in [-0.2, -0.15) is 0 Å². The predicted octanol–water partition coefficient (Wildman–Crippen LogP) is 0.726. The van der Waals surface area contributed by atoms with Crippen LogP contribution in [0, 0.1) is 0 Å². The molecule has 1 rings (SSSR count). The standard InChI is InChI=1S/C8H16O3S/c1-12(10,11)7-3-6-8(9)4-2-5-8/h9H,2-7H2,1H3. The molecule has 0 unspecified atom stereocenters. The fourth-order valence-corrected chi connectivity index (χ4v) is 2.17. The van der Waals surface area contributed by atoms with E-state index >= 15 is 0 Å². The van der Waals surface area contributed by atoms with Crippen LogP contribution >= 0.6 is 0 Å². The quantitative estimate of drug-likeness (QED) is 0.714. The molecular weight excluding hydrogens is 176 g/mol. The maximum absolute atomic E-state index is 10.7. The highest BCUT2D eigenvalue weighted by Gasteiger charge is 2.33. The van der Waals surface area contributed by atoms with Crippen molar-refractivity contribution < 1.29 is 13.5 Å². The van der Waals surface area contributed by atoms with Gasteiger partial charge in [-0.15, -0.1) is 0 Å². The normalized spacial score (nSPS) is 21.8. The van der Waals surface area contributed by atoms with Gasteiger partial charge < -0.3 is 5.11 Å². The Balaban J connectivity index is 2.18. The zero-order valence-corrected chi connectivity index (χ0v) is 8.23. The molecule has 0 amide bonds. The van der Waals surface area contributed by atoms with Crippen LogP contribution < -0.4 is 0 Å². The summed E-state index contributed by atoms with van der Waals surface area (Å²) in [7, 11) is -2.84. The molecular formula is C8H16O3S. The lowest BCUT2D eigenvalue weighted by atomic mass is 9.77. The Morgan fingerprint density at radius 2 is 2.00 bits per heavy atom. The van der Waals surface area contributed by atoms with Gasteiger partial charge in [-0.05, 0) is 32.1 Å². The third-order valence-electron chi connectivity index (χ3n) is 2.44. The highest BCUT2D eigenvalue weighted by Crippen LogP contribution is 2.35. The first-order chi connectivity index (χ1) is 5.41. The van der Waals surface area contributed by atoms with Crippen molar-refractivity contribution in [1.82, 2.24) is 0 Å². The van der Waals surface area contributed by atoms with E-state index in [2.05, 4.69) is 0 Å². The third kappa shape index (κ3) is 3.11. The van der Waals surface area contributed by atoms with Crippen LogP contribution in [0.5, 0.6) is 0 Å². The molecule has 1 fully saturated rings. The van der Waals surface area contributed by atoms with Crippen molar-refractivity contribution in [2.75, 3.05) is 12.0 Å². The van der Waals surface area contributed by atoms with Crippen molar-refractivity contribution in [2.24, 2.45) is 0 Å². The first-order valence-electron chi connectivity index (χ1n) is 4.31. The monoisotopic (exact) mass is 192 g/mol. The minimum absolute atomic E-state index is 0.204. The Bertz CT molecular complexity index is 239. The van der Waals surface area contributed by atoms with E-state index in [0.29, 0.717) is 12.8 Å². The summed E-state index contributed by atoms with van der Waals surface area (Å²) in [4.78, 5) is 0. The highest BCUT2D eigenvalue weighted by molar-refractivity contribution is 7.90. The Labute approximate surface area is 73.7 Å². The summed E-state index contributed by atoms with van der Waals surface area (Å²) in [5.74, 6) is 0.204.